The number of cyclic esters (lactones) is 1. The molecule has 0 aromatic heterocycles. The number of rotatable bonds is 7. The molecule has 1 heterocycles. The summed E-state index contributed by atoms with van der Waals surface area (Å²) >= 11 is 0. The summed E-state index contributed by atoms with van der Waals surface area (Å²) in [7, 11) is 4.35. The Morgan fingerprint density at radius 1 is 0.848 bits per heavy atom. The molecule has 10 nitrogen and oxygen atoms in total. The molecule has 1 aliphatic heterocycles. The number of carbonyl (C=O) groups excluding carboxylic acids is 3. The monoisotopic (exact) mass is 455 g/mol. The predicted molar refractivity (Wildman–Crippen MR) is 116 cm³/mol. The predicted octanol–water partition coefficient (Wildman–Crippen LogP) is 2.91. The van der Waals surface area contributed by atoms with Crippen molar-refractivity contribution in [3.8, 4) is 28.7 Å². The van der Waals surface area contributed by atoms with Crippen molar-refractivity contribution in [1.82, 2.24) is 0 Å². The molecule has 0 fully saturated rings. The van der Waals surface area contributed by atoms with E-state index in [1.54, 1.807) is 18.2 Å². The normalized spacial score (nSPS) is 13.8. The van der Waals surface area contributed by atoms with Gasteiger partial charge in [-0.2, -0.15) is 0 Å². The second-order valence-corrected chi connectivity index (χ2v) is 6.64. The zero-order valence-electron chi connectivity index (χ0n) is 18.6. The van der Waals surface area contributed by atoms with Crippen molar-refractivity contribution in [2.45, 2.75) is 13.8 Å². The van der Waals surface area contributed by atoms with E-state index in [0.29, 0.717) is 22.6 Å². The van der Waals surface area contributed by atoms with Gasteiger partial charge in [0.05, 0.1) is 21.3 Å². The highest BCUT2D eigenvalue weighted by molar-refractivity contribution is 6.13. The molecule has 2 aromatic carbocycles. The number of ether oxygens (including phenoxy) is 6. The Morgan fingerprint density at radius 2 is 1.48 bits per heavy atom. The third-order valence-corrected chi connectivity index (χ3v) is 4.32. The Kier molecular flexibility index (Phi) is 6.97. The quantitative estimate of drug-likeness (QED) is 0.353. The maximum Gasteiger partial charge on any atom is 0.363 e. The van der Waals surface area contributed by atoms with Crippen LogP contribution in [0.5, 0.6) is 28.7 Å². The maximum atomic E-state index is 12.4. The van der Waals surface area contributed by atoms with Gasteiger partial charge in [-0.3, -0.25) is 9.59 Å². The Labute approximate surface area is 189 Å². The molecule has 33 heavy (non-hydrogen) atoms. The molecule has 10 heteroatoms. The fraction of sp³-hybridized carbons (Fsp3) is 0.217. The van der Waals surface area contributed by atoms with Crippen molar-refractivity contribution in [2.75, 3.05) is 21.3 Å². The van der Waals surface area contributed by atoms with Crippen molar-refractivity contribution < 1.29 is 42.8 Å². The molecule has 0 amide bonds. The van der Waals surface area contributed by atoms with Crippen LogP contribution in [-0.4, -0.2) is 45.1 Å². The largest absolute Gasteiger partial charge is 0.493 e. The standard InChI is InChI=1S/C23H21NO9/c1-12(25)31-20-10-14(9-19(30-5)21(20)32-13(2)26)8-16-23(27)33-22(24-16)15-6-7-17(28-3)18(11-15)29-4/h6-11H,1-5H3. The zero-order chi connectivity index (χ0) is 24.1. The first-order chi connectivity index (χ1) is 15.7. The number of esters is 3. The van der Waals surface area contributed by atoms with Crippen molar-refractivity contribution >= 4 is 29.9 Å². The molecule has 0 aliphatic carbocycles. The van der Waals surface area contributed by atoms with Crippen LogP contribution in [0.3, 0.4) is 0 Å². The number of methoxy groups -OCH3 is 3. The number of aliphatic imine (C=N–C) groups is 1. The van der Waals surface area contributed by atoms with E-state index in [2.05, 4.69) is 4.99 Å². The molecule has 0 unspecified atom stereocenters. The summed E-state index contributed by atoms with van der Waals surface area (Å²) in [6.07, 6.45) is 1.42. The molecule has 172 valence electrons. The smallest absolute Gasteiger partial charge is 0.363 e. The molecule has 0 bridgehead atoms. The molecule has 0 radical (unpaired) electrons. The van der Waals surface area contributed by atoms with Gasteiger partial charge >= 0.3 is 17.9 Å². The molecule has 2 aromatic rings. The van der Waals surface area contributed by atoms with Crippen molar-refractivity contribution in [3.63, 3.8) is 0 Å². The summed E-state index contributed by atoms with van der Waals surface area (Å²) in [5, 5.41) is 0. The third kappa shape index (κ3) is 5.29. The molecule has 3 rings (SSSR count). The van der Waals surface area contributed by atoms with Gasteiger partial charge in [0.2, 0.25) is 11.6 Å². The first-order valence-electron chi connectivity index (χ1n) is 9.59. The van der Waals surface area contributed by atoms with Gasteiger partial charge in [-0.1, -0.05) is 0 Å². The van der Waals surface area contributed by atoms with E-state index in [1.165, 1.54) is 53.4 Å². The van der Waals surface area contributed by atoms with E-state index in [4.69, 9.17) is 28.4 Å². The number of nitrogens with zero attached hydrogens (tertiary/aromatic N) is 1. The van der Waals surface area contributed by atoms with Gasteiger partial charge < -0.3 is 28.4 Å². The summed E-state index contributed by atoms with van der Waals surface area (Å²) in [6.45, 7) is 2.40. The summed E-state index contributed by atoms with van der Waals surface area (Å²) in [5.74, 6) is -0.909. The van der Waals surface area contributed by atoms with Crippen molar-refractivity contribution in [1.29, 1.82) is 0 Å². The van der Waals surface area contributed by atoms with E-state index in [0.717, 1.165) is 0 Å². The summed E-state index contributed by atoms with van der Waals surface area (Å²) in [5.41, 5.74) is 0.895. The van der Waals surface area contributed by atoms with Crippen LogP contribution in [0.4, 0.5) is 0 Å². The molecular weight excluding hydrogens is 434 g/mol. The average molecular weight is 455 g/mol. The third-order valence-electron chi connectivity index (χ3n) is 4.32. The Hall–Kier alpha value is -4.34. The van der Waals surface area contributed by atoms with Gasteiger partial charge in [-0.25, -0.2) is 9.79 Å². The van der Waals surface area contributed by atoms with E-state index in [1.807, 2.05) is 0 Å². The highest BCUT2D eigenvalue weighted by Crippen LogP contribution is 2.40. The molecule has 0 saturated carbocycles. The van der Waals surface area contributed by atoms with Crippen LogP contribution in [0.1, 0.15) is 25.0 Å². The number of hydrogen-bond donors (Lipinski definition) is 0. The Morgan fingerprint density at radius 3 is 2.09 bits per heavy atom. The summed E-state index contributed by atoms with van der Waals surface area (Å²) in [4.78, 5) is 39.7. The second kappa shape index (κ2) is 9.86. The molecule has 0 saturated heterocycles. The van der Waals surface area contributed by atoms with Gasteiger partial charge in [-0.15, -0.1) is 0 Å². The Balaban J connectivity index is 2.03. The van der Waals surface area contributed by atoms with Gasteiger partial charge in [0.25, 0.3) is 0 Å². The fourth-order valence-electron chi connectivity index (χ4n) is 2.97. The SMILES string of the molecule is COc1ccc(C2=NC(=Cc3cc(OC)c(OC(C)=O)c(OC(C)=O)c3)C(=O)O2)cc1OC. The lowest BCUT2D eigenvalue weighted by Gasteiger charge is -2.13. The second-order valence-electron chi connectivity index (χ2n) is 6.64. The lowest BCUT2D eigenvalue weighted by atomic mass is 10.1. The highest BCUT2D eigenvalue weighted by Gasteiger charge is 2.26. The van der Waals surface area contributed by atoms with Crippen molar-refractivity contribution in [3.05, 3.63) is 47.2 Å². The summed E-state index contributed by atoms with van der Waals surface area (Å²) < 4.78 is 31.3. The van der Waals surface area contributed by atoms with Crippen LogP contribution in [-0.2, 0) is 19.1 Å². The molecule has 1 aliphatic rings. The van der Waals surface area contributed by atoms with Crippen LogP contribution in [0.25, 0.3) is 6.08 Å². The minimum atomic E-state index is -0.683. The minimum Gasteiger partial charge on any atom is -0.493 e. The van der Waals surface area contributed by atoms with Crippen LogP contribution in [0.15, 0.2) is 41.0 Å². The zero-order valence-corrected chi connectivity index (χ0v) is 18.6. The first kappa shape index (κ1) is 23.3. The fourth-order valence-corrected chi connectivity index (χ4v) is 2.97. The van der Waals surface area contributed by atoms with E-state index in [9.17, 15) is 14.4 Å². The van der Waals surface area contributed by atoms with Gasteiger partial charge in [-0.05, 0) is 42.0 Å². The minimum absolute atomic E-state index is 0.00384. The summed E-state index contributed by atoms with van der Waals surface area (Å²) in [6, 6.07) is 7.87. The van der Waals surface area contributed by atoms with Crippen LogP contribution < -0.4 is 23.7 Å². The Bertz CT molecular complexity index is 1180. The van der Waals surface area contributed by atoms with E-state index >= 15 is 0 Å². The number of carbonyl (C=O) groups is 3. The van der Waals surface area contributed by atoms with Crippen LogP contribution >= 0.6 is 0 Å². The number of hydrogen-bond acceptors (Lipinski definition) is 10. The topological polar surface area (TPSA) is 119 Å². The van der Waals surface area contributed by atoms with E-state index < -0.39 is 17.9 Å². The van der Waals surface area contributed by atoms with Gasteiger partial charge in [0, 0.05) is 19.4 Å². The molecular formula is C23H21NO9. The lowest BCUT2D eigenvalue weighted by Crippen LogP contribution is -2.08. The average Bonchev–Trinajstić information content (AvgIpc) is 3.14. The lowest BCUT2D eigenvalue weighted by molar-refractivity contribution is -0.134. The van der Waals surface area contributed by atoms with Crippen molar-refractivity contribution in [2.24, 2.45) is 4.99 Å². The maximum absolute atomic E-state index is 12.4. The van der Waals surface area contributed by atoms with Crippen LogP contribution in [0, 0.1) is 0 Å². The molecule has 0 spiro atoms. The highest BCUT2D eigenvalue weighted by atomic mass is 16.6. The van der Waals surface area contributed by atoms with Gasteiger partial charge in [0.1, 0.15) is 0 Å². The van der Waals surface area contributed by atoms with E-state index in [-0.39, 0.29) is 28.8 Å². The first-order valence-corrected chi connectivity index (χ1v) is 9.59. The number of benzene rings is 2. The molecule has 0 atom stereocenters. The van der Waals surface area contributed by atoms with Crippen LogP contribution in [0.2, 0.25) is 0 Å². The molecule has 0 N–H and O–H groups in total. The van der Waals surface area contributed by atoms with Gasteiger partial charge in [0.15, 0.2) is 28.7 Å².